The van der Waals surface area contributed by atoms with Crippen LogP contribution in [0.1, 0.15) is 11.3 Å². The molecule has 4 aromatic rings. The number of furan rings is 1. The number of hydrazone groups is 1. The first-order chi connectivity index (χ1) is 16.1. The molecule has 0 saturated carbocycles. The highest BCUT2D eigenvalue weighted by Gasteiger charge is 2.32. The van der Waals surface area contributed by atoms with Crippen molar-refractivity contribution in [3.05, 3.63) is 124 Å². The fourth-order valence-electron chi connectivity index (χ4n) is 3.57. The molecule has 0 unspecified atom stereocenters. The van der Waals surface area contributed by atoms with Gasteiger partial charge < -0.3 is 4.42 Å². The monoisotopic (exact) mass is 435 g/mol. The summed E-state index contributed by atoms with van der Waals surface area (Å²) in [5.41, 5.74) is 3.16. The van der Waals surface area contributed by atoms with Crippen molar-refractivity contribution >= 4 is 29.1 Å². The van der Waals surface area contributed by atoms with E-state index in [1.165, 1.54) is 17.1 Å². The Balaban J connectivity index is 1.52. The van der Waals surface area contributed by atoms with Crippen LogP contribution in [-0.4, -0.2) is 16.5 Å². The predicted octanol–water partition coefficient (Wildman–Crippen LogP) is 5.69. The summed E-state index contributed by atoms with van der Waals surface area (Å²) >= 11 is 0. The van der Waals surface area contributed by atoms with Crippen LogP contribution < -0.4 is 5.01 Å². The first-order valence-corrected chi connectivity index (χ1v) is 10.2. The molecule has 33 heavy (non-hydrogen) atoms. The van der Waals surface area contributed by atoms with Crippen LogP contribution in [0.4, 0.5) is 11.4 Å². The minimum absolute atomic E-state index is 0.00826. The average Bonchev–Trinajstić information content (AvgIpc) is 3.45. The Morgan fingerprint density at radius 3 is 2.15 bits per heavy atom. The van der Waals surface area contributed by atoms with E-state index < -0.39 is 4.92 Å². The van der Waals surface area contributed by atoms with Gasteiger partial charge in [-0.25, -0.2) is 0 Å². The summed E-state index contributed by atoms with van der Waals surface area (Å²) < 4.78 is 5.93. The highest BCUT2D eigenvalue weighted by Crippen LogP contribution is 2.30. The second-order valence-electron chi connectivity index (χ2n) is 7.33. The van der Waals surface area contributed by atoms with E-state index in [0.29, 0.717) is 34.1 Å². The smallest absolute Gasteiger partial charge is 0.281 e. The highest BCUT2D eigenvalue weighted by molar-refractivity contribution is 6.37. The molecule has 0 radical (unpaired) electrons. The van der Waals surface area contributed by atoms with Gasteiger partial charge in [-0.15, -0.1) is 0 Å². The zero-order valence-corrected chi connectivity index (χ0v) is 17.3. The predicted molar refractivity (Wildman–Crippen MR) is 126 cm³/mol. The molecule has 0 bridgehead atoms. The van der Waals surface area contributed by atoms with Gasteiger partial charge in [0, 0.05) is 23.3 Å². The van der Waals surface area contributed by atoms with Gasteiger partial charge in [0.1, 0.15) is 17.2 Å². The molecule has 3 aromatic carbocycles. The van der Waals surface area contributed by atoms with Crippen molar-refractivity contribution in [2.24, 2.45) is 5.10 Å². The summed E-state index contributed by atoms with van der Waals surface area (Å²) in [5.74, 6) is 0.763. The molecule has 0 atom stereocenters. The zero-order chi connectivity index (χ0) is 22.8. The van der Waals surface area contributed by atoms with Crippen molar-refractivity contribution in [1.82, 2.24) is 0 Å². The molecule has 0 saturated heterocycles. The van der Waals surface area contributed by atoms with Crippen LogP contribution in [0.5, 0.6) is 0 Å². The summed E-state index contributed by atoms with van der Waals surface area (Å²) in [4.78, 5) is 23.7. The first-order valence-electron chi connectivity index (χ1n) is 10.2. The number of hydrogen-bond donors (Lipinski definition) is 0. The van der Waals surface area contributed by atoms with Gasteiger partial charge in [0.15, 0.2) is 0 Å². The van der Waals surface area contributed by atoms with Gasteiger partial charge >= 0.3 is 0 Å². The van der Waals surface area contributed by atoms with Crippen molar-refractivity contribution in [2.75, 3.05) is 5.01 Å². The van der Waals surface area contributed by atoms with E-state index in [4.69, 9.17) is 4.42 Å². The lowest BCUT2D eigenvalue weighted by atomic mass is 10.0. The number of non-ortho nitro benzene ring substituents is 1. The molecule has 7 heteroatoms. The largest absolute Gasteiger partial charge is 0.457 e. The molecule has 0 aliphatic carbocycles. The standard InChI is InChI=1S/C26H17N3O4/c30-26-23(17-22-15-16-24(33-22)18-11-13-21(14-12-18)29(31)32)25(19-7-3-1-4-8-19)27-28(26)20-9-5-2-6-10-20/h1-17H. The Morgan fingerprint density at radius 2 is 1.48 bits per heavy atom. The van der Waals surface area contributed by atoms with Crippen LogP contribution in [0.2, 0.25) is 0 Å². The third-order valence-corrected chi connectivity index (χ3v) is 5.20. The van der Waals surface area contributed by atoms with E-state index in [0.717, 1.165) is 5.56 Å². The van der Waals surface area contributed by atoms with Crippen LogP contribution in [0.3, 0.4) is 0 Å². The number of anilines is 1. The van der Waals surface area contributed by atoms with Gasteiger partial charge in [-0.1, -0.05) is 48.5 Å². The Kier molecular flexibility index (Phi) is 5.12. The van der Waals surface area contributed by atoms with E-state index >= 15 is 0 Å². The molecule has 1 aliphatic heterocycles. The molecule has 2 heterocycles. The number of para-hydroxylation sites is 1. The summed E-state index contributed by atoms with van der Waals surface area (Å²) in [5, 5.41) is 16.9. The number of hydrogen-bond acceptors (Lipinski definition) is 5. The second kappa shape index (κ2) is 8.39. The minimum atomic E-state index is -0.448. The lowest BCUT2D eigenvalue weighted by molar-refractivity contribution is -0.384. The lowest BCUT2D eigenvalue weighted by Gasteiger charge is -2.10. The maximum atomic E-state index is 13.3. The second-order valence-corrected chi connectivity index (χ2v) is 7.33. The van der Waals surface area contributed by atoms with Crippen LogP contribution in [0.25, 0.3) is 17.4 Å². The fraction of sp³-hybridized carbons (Fsp3) is 0. The van der Waals surface area contributed by atoms with Crippen molar-refractivity contribution in [3.8, 4) is 11.3 Å². The summed E-state index contributed by atoms with van der Waals surface area (Å²) in [6.45, 7) is 0. The SMILES string of the molecule is O=C1C(=Cc2ccc(-c3ccc([N+](=O)[O-])cc3)o2)C(c2ccccc2)=NN1c1ccccc1. The molecular formula is C26H17N3O4. The molecule has 160 valence electrons. The Bertz CT molecular complexity index is 1390. The van der Waals surface area contributed by atoms with Crippen molar-refractivity contribution < 1.29 is 14.1 Å². The van der Waals surface area contributed by atoms with Crippen molar-refractivity contribution in [3.63, 3.8) is 0 Å². The average molecular weight is 435 g/mol. The maximum absolute atomic E-state index is 13.3. The third-order valence-electron chi connectivity index (χ3n) is 5.20. The van der Waals surface area contributed by atoms with Crippen molar-refractivity contribution in [1.29, 1.82) is 0 Å². The number of rotatable bonds is 5. The van der Waals surface area contributed by atoms with E-state index in [1.54, 1.807) is 30.3 Å². The zero-order valence-electron chi connectivity index (χ0n) is 17.3. The Morgan fingerprint density at radius 1 is 0.818 bits per heavy atom. The number of benzene rings is 3. The third kappa shape index (κ3) is 3.95. The van der Waals surface area contributed by atoms with E-state index in [-0.39, 0.29) is 11.6 Å². The van der Waals surface area contributed by atoms with Gasteiger partial charge in [0.2, 0.25) is 0 Å². The minimum Gasteiger partial charge on any atom is -0.457 e. The molecule has 0 N–H and O–H groups in total. The molecular weight excluding hydrogens is 418 g/mol. The number of nitrogens with zero attached hydrogens (tertiary/aromatic N) is 3. The summed E-state index contributed by atoms with van der Waals surface area (Å²) in [6.07, 6.45) is 1.67. The van der Waals surface area contributed by atoms with Crippen molar-refractivity contribution in [2.45, 2.75) is 0 Å². The Labute approximate surface area is 189 Å². The van der Waals surface area contributed by atoms with Gasteiger partial charge in [-0.05, 0) is 42.5 Å². The molecule has 1 aromatic heterocycles. The first kappa shape index (κ1) is 20.1. The van der Waals surface area contributed by atoms with E-state index in [9.17, 15) is 14.9 Å². The van der Waals surface area contributed by atoms with Gasteiger partial charge in [-0.3, -0.25) is 14.9 Å². The number of carbonyl (C=O) groups excluding carboxylic acids is 1. The number of amides is 1. The summed E-state index contributed by atoms with van der Waals surface area (Å²) in [6, 6.07) is 28.4. The fourth-order valence-corrected chi connectivity index (χ4v) is 3.57. The molecule has 7 nitrogen and oxygen atoms in total. The van der Waals surface area contributed by atoms with Crippen LogP contribution >= 0.6 is 0 Å². The number of carbonyl (C=O) groups is 1. The van der Waals surface area contributed by atoms with Gasteiger partial charge in [-0.2, -0.15) is 10.1 Å². The van der Waals surface area contributed by atoms with E-state index in [2.05, 4.69) is 5.10 Å². The lowest BCUT2D eigenvalue weighted by Crippen LogP contribution is -2.21. The van der Waals surface area contributed by atoms with E-state index in [1.807, 2.05) is 60.7 Å². The van der Waals surface area contributed by atoms with Gasteiger partial charge in [0.05, 0.1) is 16.2 Å². The maximum Gasteiger partial charge on any atom is 0.281 e. The molecule has 0 spiro atoms. The van der Waals surface area contributed by atoms with Crippen LogP contribution in [0.15, 0.2) is 112 Å². The Hall–Kier alpha value is -4.78. The van der Waals surface area contributed by atoms with Crippen LogP contribution in [0, 0.1) is 10.1 Å². The van der Waals surface area contributed by atoms with Gasteiger partial charge in [0.25, 0.3) is 11.6 Å². The highest BCUT2D eigenvalue weighted by atomic mass is 16.6. The normalized spacial score (nSPS) is 14.5. The topological polar surface area (TPSA) is 88.9 Å². The van der Waals surface area contributed by atoms with Crippen LogP contribution in [-0.2, 0) is 4.79 Å². The quantitative estimate of drug-likeness (QED) is 0.229. The molecule has 1 amide bonds. The molecule has 0 fully saturated rings. The molecule has 5 rings (SSSR count). The molecule has 1 aliphatic rings. The summed E-state index contributed by atoms with van der Waals surface area (Å²) in [7, 11) is 0. The number of nitro benzene ring substituents is 1. The number of nitro groups is 1.